The van der Waals surface area contributed by atoms with Crippen LogP contribution in [0.25, 0.3) is 0 Å². The van der Waals surface area contributed by atoms with Crippen molar-refractivity contribution in [2.45, 2.75) is 32.2 Å². The normalized spacial score (nSPS) is 19.6. The Bertz CT molecular complexity index is 527. The average molecular weight is 274 g/mol. The van der Waals surface area contributed by atoms with Crippen LogP contribution in [0.15, 0.2) is 30.3 Å². The topological polar surface area (TPSA) is 44.8 Å². The molecule has 1 aliphatic rings. The van der Waals surface area contributed by atoms with Crippen molar-refractivity contribution in [3.63, 3.8) is 0 Å². The smallest absolute Gasteiger partial charge is 0.304 e. The summed E-state index contributed by atoms with van der Waals surface area (Å²) in [5.74, 6) is 4.89. The van der Waals surface area contributed by atoms with E-state index in [-0.39, 0.29) is 13.2 Å². The van der Waals surface area contributed by atoms with E-state index in [4.69, 9.17) is 14.2 Å². The molecule has 0 N–H and O–H groups in total. The highest BCUT2D eigenvalue weighted by molar-refractivity contribution is 5.67. The van der Waals surface area contributed by atoms with Crippen LogP contribution < -0.4 is 0 Å². The number of ether oxygens (including phenoxy) is 3. The van der Waals surface area contributed by atoms with E-state index in [1.807, 2.05) is 44.2 Å². The lowest BCUT2D eigenvalue weighted by atomic mass is 10.0. The second-order valence-corrected chi connectivity index (χ2v) is 5.18. The van der Waals surface area contributed by atoms with Gasteiger partial charge < -0.3 is 14.2 Å². The molecule has 0 aliphatic carbocycles. The first-order valence-corrected chi connectivity index (χ1v) is 6.47. The van der Waals surface area contributed by atoms with Gasteiger partial charge in [0.2, 0.25) is 5.60 Å². The molecule has 106 valence electrons. The Balaban J connectivity index is 2.21. The fraction of sp³-hybridized carbons (Fsp3) is 0.438. The van der Waals surface area contributed by atoms with Crippen molar-refractivity contribution < 1.29 is 19.0 Å². The quantitative estimate of drug-likeness (QED) is 0.581. The van der Waals surface area contributed by atoms with E-state index in [1.54, 1.807) is 0 Å². The van der Waals surface area contributed by atoms with Gasteiger partial charge in [-0.3, -0.25) is 4.79 Å². The zero-order valence-electron chi connectivity index (χ0n) is 11.9. The summed E-state index contributed by atoms with van der Waals surface area (Å²) in [6, 6.07) is 9.51. The number of hydrogen-bond acceptors (Lipinski definition) is 4. The number of esters is 1. The molecule has 1 fully saturated rings. The number of carbonyl (C=O) groups is 1. The van der Waals surface area contributed by atoms with Crippen LogP contribution >= 0.6 is 0 Å². The van der Waals surface area contributed by atoms with E-state index in [1.165, 1.54) is 6.92 Å². The molecule has 0 atom stereocenters. The van der Waals surface area contributed by atoms with Gasteiger partial charge in [0.05, 0.1) is 0 Å². The molecule has 0 saturated carbocycles. The van der Waals surface area contributed by atoms with Gasteiger partial charge in [0.1, 0.15) is 13.2 Å². The largest absolute Gasteiger partial charge is 0.441 e. The summed E-state index contributed by atoms with van der Waals surface area (Å²) in [7, 11) is 0. The first-order valence-electron chi connectivity index (χ1n) is 6.47. The van der Waals surface area contributed by atoms with Gasteiger partial charge in [-0.2, -0.15) is 0 Å². The van der Waals surface area contributed by atoms with Crippen LogP contribution in [0, 0.1) is 11.8 Å². The number of benzene rings is 1. The van der Waals surface area contributed by atoms with E-state index in [9.17, 15) is 4.79 Å². The highest BCUT2D eigenvalue weighted by Crippen LogP contribution is 2.26. The minimum Gasteiger partial charge on any atom is -0.441 e. The molecule has 0 amide bonds. The molecule has 1 aliphatic heterocycles. The van der Waals surface area contributed by atoms with Crippen molar-refractivity contribution in [3.8, 4) is 11.8 Å². The van der Waals surface area contributed by atoms with Crippen molar-refractivity contribution in [2.24, 2.45) is 0 Å². The summed E-state index contributed by atoms with van der Waals surface area (Å²) in [6.07, 6.45) is 0. The third-order valence-electron chi connectivity index (χ3n) is 2.85. The predicted molar refractivity (Wildman–Crippen MR) is 73.8 cm³/mol. The van der Waals surface area contributed by atoms with Gasteiger partial charge in [-0.25, -0.2) is 0 Å². The molecule has 1 aromatic rings. The first-order chi connectivity index (χ1) is 9.41. The van der Waals surface area contributed by atoms with E-state index in [0.29, 0.717) is 0 Å². The van der Waals surface area contributed by atoms with Crippen molar-refractivity contribution in [1.82, 2.24) is 0 Å². The van der Waals surface area contributed by atoms with Gasteiger partial charge in [-0.1, -0.05) is 24.1 Å². The summed E-state index contributed by atoms with van der Waals surface area (Å²) in [4.78, 5) is 11.3. The van der Waals surface area contributed by atoms with Gasteiger partial charge >= 0.3 is 5.97 Å². The van der Waals surface area contributed by atoms with Gasteiger partial charge in [0.25, 0.3) is 0 Å². The lowest BCUT2D eigenvalue weighted by Crippen LogP contribution is -2.52. The number of carbonyl (C=O) groups excluding carboxylic acids is 1. The maximum absolute atomic E-state index is 11.3. The molecular formula is C16H18O4. The molecule has 4 heteroatoms. The maximum atomic E-state index is 11.3. The lowest BCUT2D eigenvalue weighted by molar-refractivity contribution is -0.291. The Kier molecular flexibility index (Phi) is 4.12. The Morgan fingerprint density at radius 3 is 2.35 bits per heavy atom. The van der Waals surface area contributed by atoms with Crippen LogP contribution in [0.2, 0.25) is 0 Å². The van der Waals surface area contributed by atoms with Crippen molar-refractivity contribution in [3.05, 3.63) is 35.9 Å². The monoisotopic (exact) mass is 274 g/mol. The lowest BCUT2D eigenvalue weighted by Gasteiger charge is -2.39. The van der Waals surface area contributed by atoms with Crippen LogP contribution in [0.1, 0.15) is 26.3 Å². The Hall–Kier alpha value is -1.83. The second-order valence-electron chi connectivity index (χ2n) is 5.18. The fourth-order valence-electron chi connectivity index (χ4n) is 1.80. The number of rotatable bonds is 1. The van der Waals surface area contributed by atoms with Crippen molar-refractivity contribution in [2.75, 3.05) is 13.2 Å². The van der Waals surface area contributed by atoms with E-state index < -0.39 is 17.4 Å². The summed E-state index contributed by atoms with van der Waals surface area (Å²) in [5.41, 5.74) is -0.194. The third-order valence-corrected chi connectivity index (χ3v) is 2.85. The minimum absolute atomic E-state index is 0.194. The van der Waals surface area contributed by atoms with Crippen LogP contribution in [-0.2, 0) is 19.0 Å². The third kappa shape index (κ3) is 3.83. The molecule has 1 heterocycles. The molecule has 1 saturated heterocycles. The maximum Gasteiger partial charge on any atom is 0.304 e. The second kappa shape index (κ2) is 5.66. The molecule has 0 bridgehead atoms. The van der Waals surface area contributed by atoms with E-state index >= 15 is 0 Å². The summed E-state index contributed by atoms with van der Waals surface area (Å²) in [5, 5.41) is 0. The Labute approximate surface area is 119 Å². The van der Waals surface area contributed by atoms with Crippen LogP contribution in [0.4, 0.5) is 0 Å². The molecule has 0 spiro atoms. The molecule has 20 heavy (non-hydrogen) atoms. The van der Waals surface area contributed by atoms with Gasteiger partial charge in [0.15, 0.2) is 5.79 Å². The SMILES string of the molecule is CC(=O)OC1(C#Cc2ccccc2)COC(C)(C)OC1. The van der Waals surface area contributed by atoms with E-state index in [2.05, 4.69) is 11.8 Å². The van der Waals surface area contributed by atoms with Gasteiger partial charge in [-0.05, 0) is 31.9 Å². The Morgan fingerprint density at radius 2 is 1.80 bits per heavy atom. The van der Waals surface area contributed by atoms with Crippen molar-refractivity contribution in [1.29, 1.82) is 0 Å². The standard InChI is InChI=1S/C16H18O4/c1-13(17)20-16(11-18-15(2,3)19-12-16)10-9-14-7-5-4-6-8-14/h4-8H,11-12H2,1-3H3. The summed E-state index contributed by atoms with van der Waals surface area (Å²) < 4.78 is 16.5. The van der Waals surface area contributed by atoms with Crippen LogP contribution in [-0.4, -0.2) is 30.6 Å². The highest BCUT2D eigenvalue weighted by Gasteiger charge is 2.41. The van der Waals surface area contributed by atoms with Gasteiger partial charge in [-0.15, -0.1) is 0 Å². The zero-order chi connectivity index (χ0) is 14.6. The molecule has 0 aromatic heterocycles. The predicted octanol–water partition coefficient (Wildman–Crippen LogP) is 2.12. The minimum atomic E-state index is -1.04. The van der Waals surface area contributed by atoms with Crippen molar-refractivity contribution >= 4 is 5.97 Å². The molecule has 2 rings (SSSR count). The molecule has 0 radical (unpaired) electrons. The number of hydrogen-bond donors (Lipinski definition) is 0. The average Bonchev–Trinajstić information content (AvgIpc) is 2.41. The first kappa shape index (κ1) is 14.6. The molecule has 0 unspecified atom stereocenters. The zero-order valence-corrected chi connectivity index (χ0v) is 11.9. The summed E-state index contributed by atoms with van der Waals surface area (Å²) in [6.45, 7) is 5.37. The Morgan fingerprint density at radius 1 is 1.20 bits per heavy atom. The van der Waals surface area contributed by atoms with Crippen LogP contribution in [0.3, 0.4) is 0 Å². The highest BCUT2D eigenvalue weighted by atomic mass is 16.7. The molecular weight excluding hydrogens is 256 g/mol. The van der Waals surface area contributed by atoms with E-state index in [0.717, 1.165) is 5.56 Å². The molecule has 4 nitrogen and oxygen atoms in total. The van der Waals surface area contributed by atoms with Crippen LogP contribution in [0.5, 0.6) is 0 Å². The molecule has 1 aromatic carbocycles. The fourth-order valence-corrected chi connectivity index (χ4v) is 1.80. The van der Waals surface area contributed by atoms with Gasteiger partial charge in [0, 0.05) is 12.5 Å². The summed E-state index contributed by atoms with van der Waals surface area (Å²) >= 11 is 0.